The third-order valence-corrected chi connectivity index (χ3v) is 8.25. The summed E-state index contributed by atoms with van der Waals surface area (Å²) in [4.78, 5) is 30.3. The average molecular weight is 429 g/mol. The maximum Gasteiger partial charge on any atom is 0.252 e. The Labute approximate surface area is 173 Å². The summed E-state index contributed by atoms with van der Waals surface area (Å²) >= 11 is 1.34. The maximum absolute atomic E-state index is 12.5. The van der Waals surface area contributed by atoms with E-state index in [2.05, 4.69) is 4.99 Å². The third-order valence-electron chi connectivity index (χ3n) is 5.04. The summed E-state index contributed by atoms with van der Waals surface area (Å²) in [6.07, 6.45) is 0.190. The van der Waals surface area contributed by atoms with Crippen molar-refractivity contribution in [3.05, 3.63) is 65.7 Å². The van der Waals surface area contributed by atoms with E-state index in [1.807, 2.05) is 35.2 Å². The van der Waals surface area contributed by atoms with Crippen LogP contribution in [0.25, 0.3) is 0 Å². The molecule has 2 aliphatic rings. The van der Waals surface area contributed by atoms with Crippen molar-refractivity contribution in [3.8, 4) is 0 Å². The van der Waals surface area contributed by atoms with Crippen molar-refractivity contribution < 1.29 is 18.0 Å². The zero-order valence-electron chi connectivity index (χ0n) is 15.8. The Morgan fingerprint density at radius 1 is 1.07 bits per heavy atom. The highest BCUT2D eigenvalue weighted by molar-refractivity contribution is 8.16. The highest BCUT2D eigenvalue weighted by atomic mass is 32.2. The summed E-state index contributed by atoms with van der Waals surface area (Å²) in [6, 6.07) is 16.1. The van der Waals surface area contributed by atoms with Crippen LogP contribution in [-0.2, 0) is 21.1 Å². The lowest BCUT2D eigenvalue weighted by Gasteiger charge is -2.24. The van der Waals surface area contributed by atoms with Gasteiger partial charge in [0.05, 0.1) is 24.0 Å². The predicted molar refractivity (Wildman–Crippen MR) is 115 cm³/mol. The largest absolute Gasteiger partial charge is 0.316 e. The number of thioether (sulfide) groups is 1. The second-order valence-corrected chi connectivity index (χ2v) is 10.6. The van der Waals surface area contributed by atoms with Gasteiger partial charge in [0.1, 0.15) is 0 Å². The van der Waals surface area contributed by atoms with Gasteiger partial charge in [-0.25, -0.2) is 8.42 Å². The Morgan fingerprint density at radius 2 is 1.76 bits per heavy atom. The molecule has 2 saturated heterocycles. The SMILES string of the molecule is CC(=O)c1ccc(N2C(=NC(=O)Cc3ccccc3)S[C@H]3CS(=O)(=O)C[C@@H]32)cc1. The number of amidine groups is 1. The Kier molecular flexibility index (Phi) is 5.31. The van der Waals surface area contributed by atoms with Crippen LogP contribution in [0.15, 0.2) is 59.6 Å². The van der Waals surface area contributed by atoms with Crippen LogP contribution in [0, 0.1) is 0 Å². The molecule has 1 amide bonds. The molecule has 150 valence electrons. The molecule has 0 saturated carbocycles. The molecule has 0 unspecified atom stereocenters. The fourth-order valence-electron chi connectivity index (χ4n) is 3.64. The summed E-state index contributed by atoms with van der Waals surface area (Å²) in [7, 11) is -3.13. The molecule has 29 heavy (non-hydrogen) atoms. The van der Waals surface area contributed by atoms with Crippen LogP contribution in [-0.4, -0.2) is 48.1 Å². The van der Waals surface area contributed by atoms with Crippen molar-refractivity contribution >= 4 is 44.1 Å². The lowest BCUT2D eigenvalue weighted by molar-refractivity contribution is -0.117. The molecule has 6 nitrogen and oxygen atoms in total. The fraction of sp³-hybridized carbons (Fsp3) is 0.286. The van der Waals surface area contributed by atoms with Gasteiger partial charge < -0.3 is 4.90 Å². The van der Waals surface area contributed by atoms with Gasteiger partial charge in [0.2, 0.25) is 0 Å². The van der Waals surface area contributed by atoms with Crippen molar-refractivity contribution in [1.29, 1.82) is 0 Å². The van der Waals surface area contributed by atoms with Gasteiger partial charge in [-0.2, -0.15) is 4.99 Å². The van der Waals surface area contributed by atoms with Gasteiger partial charge in [-0.1, -0.05) is 42.1 Å². The molecule has 2 fully saturated rings. The summed E-state index contributed by atoms with van der Waals surface area (Å²) in [5.74, 6) is -0.200. The summed E-state index contributed by atoms with van der Waals surface area (Å²) in [5, 5.41) is 0.363. The van der Waals surface area contributed by atoms with Crippen LogP contribution in [0.3, 0.4) is 0 Å². The standard InChI is InChI=1S/C21H20N2O4S2/c1-14(24)16-7-9-17(10-8-16)23-18-12-29(26,27)13-19(18)28-21(23)22-20(25)11-15-5-3-2-4-6-15/h2-10,18-19H,11-13H2,1H3/t18-,19-/m0/s1. The fourth-order valence-corrected chi connectivity index (χ4v) is 7.57. The molecule has 0 bridgehead atoms. The first-order valence-electron chi connectivity index (χ1n) is 9.25. The first kappa shape index (κ1) is 19.8. The van der Waals surface area contributed by atoms with Crippen LogP contribution < -0.4 is 4.90 Å². The number of carbonyl (C=O) groups excluding carboxylic acids is 2. The number of Topliss-reactive ketones (excluding diaryl/α,β-unsaturated/α-hetero) is 1. The highest BCUT2D eigenvalue weighted by Crippen LogP contribution is 2.41. The molecule has 0 aliphatic carbocycles. The minimum Gasteiger partial charge on any atom is -0.316 e. The van der Waals surface area contributed by atoms with Crippen LogP contribution in [0.5, 0.6) is 0 Å². The Bertz CT molecular complexity index is 1080. The smallest absolute Gasteiger partial charge is 0.252 e. The molecule has 4 rings (SSSR count). The second-order valence-electron chi connectivity index (χ2n) is 7.22. The Balaban J connectivity index is 1.65. The van der Waals surface area contributed by atoms with Crippen molar-refractivity contribution in [2.45, 2.75) is 24.6 Å². The van der Waals surface area contributed by atoms with Gasteiger partial charge in [-0.15, -0.1) is 0 Å². The van der Waals surface area contributed by atoms with E-state index >= 15 is 0 Å². The van der Waals surface area contributed by atoms with Crippen LogP contribution >= 0.6 is 11.8 Å². The topological polar surface area (TPSA) is 83.9 Å². The lowest BCUT2D eigenvalue weighted by Crippen LogP contribution is -2.37. The number of nitrogens with zero attached hydrogens (tertiary/aromatic N) is 2. The number of ketones is 1. The summed E-state index contributed by atoms with van der Waals surface area (Å²) < 4.78 is 24.3. The molecular formula is C21H20N2O4S2. The zero-order valence-corrected chi connectivity index (χ0v) is 17.4. The summed E-state index contributed by atoms with van der Waals surface area (Å²) in [5.41, 5.74) is 2.19. The molecule has 0 spiro atoms. The minimum absolute atomic E-state index is 0.0328. The molecule has 2 aromatic rings. The van der Waals surface area contributed by atoms with Gasteiger partial charge >= 0.3 is 0 Å². The number of hydrogen-bond donors (Lipinski definition) is 0. The summed E-state index contributed by atoms with van der Waals surface area (Å²) in [6.45, 7) is 1.50. The van der Waals surface area contributed by atoms with Gasteiger partial charge in [0.15, 0.2) is 20.8 Å². The first-order valence-corrected chi connectivity index (χ1v) is 12.0. The lowest BCUT2D eigenvalue weighted by atomic mass is 10.1. The van der Waals surface area contributed by atoms with Crippen molar-refractivity contribution in [2.75, 3.05) is 16.4 Å². The Hall–Kier alpha value is -2.45. The highest BCUT2D eigenvalue weighted by Gasteiger charge is 2.49. The van der Waals surface area contributed by atoms with E-state index in [1.165, 1.54) is 18.7 Å². The quantitative estimate of drug-likeness (QED) is 0.697. The Morgan fingerprint density at radius 3 is 2.41 bits per heavy atom. The monoisotopic (exact) mass is 428 g/mol. The van der Waals surface area contributed by atoms with Crippen molar-refractivity contribution in [3.63, 3.8) is 0 Å². The number of carbonyl (C=O) groups is 2. The second kappa shape index (κ2) is 7.76. The van der Waals surface area contributed by atoms with Crippen LogP contribution in [0.2, 0.25) is 0 Å². The number of aliphatic imine (C=N–C) groups is 1. The first-order chi connectivity index (χ1) is 13.8. The van der Waals surface area contributed by atoms with E-state index < -0.39 is 9.84 Å². The van der Waals surface area contributed by atoms with E-state index in [9.17, 15) is 18.0 Å². The number of anilines is 1. The maximum atomic E-state index is 12.5. The van der Waals surface area contributed by atoms with E-state index in [0.29, 0.717) is 10.7 Å². The van der Waals surface area contributed by atoms with Gasteiger partial charge in [-0.05, 0) is 36.8 Å². The van der Waals surface area contributed by atoms with E-state index in [1.54, 1.807) is 24.3 Å². The molecule has 0 aromatic heterocycles. The number of benzene rings is 2. The molecule has 2 aromatic carbocycles. The molecule has 2 atom stereocenters. The van der Waals surface area contributed by atoms with Crippen LogP contribution in [0.1, 0.15) is 22.8 Å². The number of hydrogen-bond acceptors (Lipinski definition) is 5. The van der Waals surface area contributed by atoms with Crippen molar-refractivity contribution in [1.82, 2.24) is 0 Å². The molecule has 0 radical (unpaired) electrons. The predicted octanol–water partition coefficient (Wildman–Crippen LogP) is 2.73. The van der Waals surface area contributed by atoms with Gasteiger partial charge in [0, 0.05) is 16.5 Å². The minimum atomic E-state index is -3.13. The molecule has 2 heterocycles. The molecule has 0 N–H and O–H groups in total. The average Bonchev–Trinajstić information content (AvgIpc) is 3.13. The number of amides is 1. The number of fused-ring (bicyclic) bond motifs is 1. The van der Waals surface area contributed by atoms with E-state index in [0.717, 1.165) is 11.3 Å². The third kappa shape index (κ3) is 4.28. The van der Waals surface area contributed by atoms with Crippen LogP contribution in [0.4, 0.5) is 5.69 Å². The van der Waals surface area contributed by atoms with Gasteiger partial charge in [-0.3, -0.25) is 9.59 Å². The number of rotatable bonds is 4. The normalized spacial score (nSPS) is 23.9. The zero-order chi connectivity index (χ0) is 20.6. The molecule has 8 heteroatoms. The molecular weight excluding hydrogens is 408 g/mol. The molecule has 2 aliphatic heterocycles. The number of sulfone groups is 1. The van der Waals surface area contributed by atoms with E-state index in [4.69, 9.17) is 0 Å². The van der Waals surface area contributed by atoms with Crippen molar-refractivity contribution in [2.24, 2.45) is 4.99 Å². The van der Waals surface area contributed by atoms with Gasteiger partial charge in [0.25, 0.3) is 5.91 Å². The van der Waals surface area contributed by atoms with E-state index in [-0.39, 0.29) is 40.9 Å².